The minimum atomic E-state index is -0.585. The fourth-order valence-electron chi connectivity index (χ4n) is 2.20. The first-order valence-corrected chi connectivity index (χ1v) is 7.53. The zero-order valence-corrected chi connectivity index (χ0v) is 13.3. The summed E-state index contributed by atoms with van der Waals surface area (Å²) >= 11 is 12.1. The molecule has 0 unspecified atom stereocenters. The number of hydrogen-bond donors (Lipinski definition) is 0. The summed E-state index contributed by atoms with van der Waals surface area (Å²) in [6.45, 7) is 0.193. The van der Waals surface area contributed by atoms with E-state index in [1.54, 1.807) is 30.3 Å². The lowest BCUT2D eigenvalue weighted by Gasteiger charge is -2.08. The SMILES string of the molecule is O=c1onc(Cc2ccc(F)cc2)n1Cc1cccc(Cl)c1Cl. The molecular formula is C16H11Cl2FN2O2. The second-order valence-electron chi connectivity index (χ2n) is 4.97. The lowest BCUT2D eigenvalue weighted by Crippen LogP contribution is -2.18. The molecule has 3 aromatic rings. The van der Waals surface area contributed by atoms with Crippen molar-refractivity contribution >= 4 is 23.2 Å². The Bertz CT molecular complexity index is 888. The Morgan fingerprint density at radius 3 is 2.61 bits per heavy atom. The Kier molecular flexibility index (Phi) is 4.50. The highest BCUT2D eigenvalue weighted by Gasteiger charge is 2.14. The third kappa shape index (κ3) is 3.46. The van der Waals surface area contributed by atoms with Crippen LogP contribution < -0.4 is 5.76 Å². The van der Waals surface area contributed by atoms with Gasteiger partial charge in [-0.25, -0.2) is 9.18 Å². The summed E-state index contributed by atoms with van der Waals surface area (Å²) in [6, 6.07) is 11.2. The van der Waals surface area contributed by atoms with Crippen LogP contribution in [0.4, 0.5) is 4.39 Å². The van der Waals surface area contributed by atoms with E-state index in [1.807, 2.05) is 0 Å². The molecule has 1 heterocycles. The van der Waals surface area contributed by atoms with Crippen molar-refractivity contribution in [1.29, 1.82) is 0 Å². The first-order chi connectivity index (χ1) is 11.0. The monoisotopic (exact) mass is 352 g/mol. The third-order valence-corrected chi connectivity index (χ3v) is 4.25. The highest BCUT2D eigenvalue weighted by Crippen LogP contribution is 2.26. The van der Waals surface area contributed by atoms with Crippen molar-refractivity contribution in [2.24, 2.45) is 0 Å². The van der Waals surface area contributed by atoms with Gasteiger partial charge in [-0.05, 0) is 29.3 Å². The Labute approximate surface area is 141 Å². The van der Waals surface area contributed by atoms with Gasteiger partial charge < -0.3 is 0 Å². The van der Waals surface area contributed by atoms with E-state index >= 15 is 0 Å². The van der Waals surface area contributed by atoms with Gasteiger partial charge in [0.15, 0.2) is 5.82 Å². The predicted octanol–water partition coefficient (Wildman–Crippen LogP) is 3.92. The molecule has 0 atom stereocenters. The topological polar surface area (TPSA) is 48.0 Å². The Balaban J connectivity index is 1.91. The maximum absolute atomic E-state index is 13.0. The second-order valence-corrected chi connectivity index (χ2v) is 5.75. The molecule has 2 aromatic carbocycles. The van der Waals surface area contributed by atoms with Crippen molar-refractivity contribution in [1.82, 2.24) is 9.72 Å². The Morgan fingerprint density at radius 1 is 1.13 bits per heavy atom. The van der Waals surface area contributed by atoms with E-state index in [4.69, 9.17) is 27.7 Å². The van der Waals surface area contributed by atoms with Gasteiger partial charge in [0, 0.05) is 6.42 Å². The van der Waals surface area contributed by atoms with Gasteiger partial charge in [0.1, 0.15) is 5.82 Å². The largest absolute Gasteiger partial charge is 0.441 e. The van der Waals surface area contributed by atoms with Crippen molar-refractivity contribution in [3.63, 3.8) is 0 Å². The van der Waals surface area contributed by atoms with Crippen LogP contribution in [0.25, 0.3) is 0 Å². The van der Waals surface area contributed by atoms with Crippen LogP contribution in [0.1, 0.15) is 17.0 Å². The van der Waals surface area contributed by atoms with Gasteiger partial charge in [0.25, 0.3) is 0 Å². The summed E-state index contributed by atoms with van der Waals surface area (Å²) in [6.07, 6.45) is 0.338. The van der Waals surface area contributed by atoms with Crippen LogP contribution in [0.2, 0.25) is 10.0 Å². The van der Waals surface area contributed by atoms with Crippen molar-refractivity contribution in [3.8, 4) is 0 Å². The summed E-state index contributed by atoms with van der Waals surface area (Å²) in [4.78, 5) is 11.9. The molecule has 1 aromatic heterocycles. The molecule has 0 aliphatic heterocycles. The van der Waals surface area contributed by atoms with Crippen LogP contribution in [0.15, 0.2) is 51.8 Å². The number of hydrogen-bond acceptors (Lipinski definition) is 3. The maximum atomic E-state index is 13.0. The molecule has 0 saturated carbocycles. The molecule has 0 saturated heterocycles. The summed E-state index contributed by atoms with van der Waals surface area (Å²) in [5, 5.41) is 4.58. The van der Waals surface area contributed by atoms with Crippen LogP contribution in [-0.2, 0) is 13.0 Å². The number of halogens is 3. The molecule has 0 radical (unpaired) electrons. The number of rotatable bonds is 4. The van der Waals surface area contributed by atoms with Gasteiger partial charge in [-0.2, -0.15) is 0 Å². The predicted molar refractivity (Wildman–Crippen MR) is 85.5 cm³/mol. The van der Waals surface area contributed by atoms with Gasteiger partial charge in [0.2, 0.25) is 0 Å². The van der Waals surface area contributed by atoms with Crippen molar-refractivity contribution in [2.45, 2.75) is 13.0 Å². The van der Waals surface area contributed by atoms with E-state index in [1.165, 1.54) is 16.7 Å². The Morgan fingerprint density at radius 2 is 1.87 bits per heavy atom. The van der Waals surface area contributed by atoms with Gasteiger partial charge >= 0.3 is 5.76 Å². The van der Waals surface area contributed by atoms with Crippen molar-refractivity contribution < 1.29 is 8.91 Å². The number of nitrogens with zero attached hydrogens (tertiary/aromatic N) is 2. The van der Waals surface area contributed by atoms with E-state index in [0.717, 1.165) is 5.56 Å². The van der Waals surface area contributed by atoms with Crippen molar-refractivity contribution in [2.75, 3.05) is 0 Å². The normalized spacial score (nSPS) is 10.9. The maximum Gasteiger partial charge on any atom is 0.441 e. The highest BCUT2D eigenvalue weighted by molar-refractivity contribution is 6.42. The molecule has 3 rings (SSSR count). The molecule has 0 fully saturated rings. The van der Waals surface area contributed by atoms with E-state index in [9.17, 15) is 9.18 Å². The smallest absolute Gasteiger partial charge is 0.296 e. The molecule has 0 aliphatic rings. The van der Waals surface area contributed by atoms with Gasteiger partial charge in [-0.15, -0.1) is 0 Å². The highest BCUT2D eigenvalue weighted by atomic mass is 35.5. The minimum absolute atomic E-state index is 0.193. The molecule has 118 valence electrons. The zero-order valence-electron chi connectivity index (χ0n) is 11.8. The molecular weight excluding hydrogens is 342 g/mol. The van der Waals surface area contributed by atoms with Crippen LogP contribution in [0.5, 0.6) is 0 Å². The molecule has 0 aliphatic carbocycles. The zero-order chi connectivity index (χ0) is 16.4. The third-order valence-electron chi connectivity index (χ3n) is 3.40. The van der Waals surface area contributed by atoms with Crippen LogP contribution in [0, 0.1) is 5.82 Å². The first kappa shape index (κ1) is 15.8. The fourth-order valence-corrected chi connectivity index (χ4v) is 2.58. The summed E-state index contributed by atoms with van der Waals surface area (Å²) in [7, 11) is 0. The van der Waals surface area contributed by atoms with Gasteiger partial charge in [-0.3, -0.25) is 9.09 Å². The van der Waals surface area contributed by atoms with E-state index in [2.05, 4.69) is 5.16 Å². The van der Waals surface area contributed by atoms with Gasteiger partial charge in [-0.1, -0.05) is 52.6 Å². The Hall–Kier alpha value is -2.11. The number of benzene rings is 2. The lowest BCUT2D eigenvalue weighted by atomic mass is 10.1. The lowest BCUT2D eigenvalue weighted by molar-refractivity contribution is 0.375. The summed E-state index contributed by atoms with van der Waals surface area (Å²) in [5.41, 5.74) is 1.50. The average molecular weight is 353 g/mol. The molecule has 7 heteroatoms. The molecule has 0 bridgehead atoms. The molecule has 0 N–H and O–H groups in total. The first-order valence-electron chi connectivity index (χ1n) is 6.77. The molecule has 4 nitrogen and oxygen atoms in total. The standard InChI is InChI=1S/C16H11Cl2FN2O2/c17-13-3-1-2-11(15(13)18)9-21-14(20-23-16(21)22)8-10-4-6-12(19)7-5-10/h1-7H,8-9H2. The average Bonchev–Trinajstić information content (AvgIpc) is 2.87. The minimum Gasteiger partial charge on any atom is -0.296 e. The van der Waals surface area contributed by atoms with E-state index in [-0.39, 0.29) is 12.4 Å². The van der Waals surface area contributed by atoms with E-state index < -0.39 is 5.76 Å². The fraction of sp³-hybridized carbons (Fsp3) is 0.125. The van der Waals surface area contributed by atoms with Crippen LogP contribution in [-0.4, -0.2) is 9.72 Å². The van der Waals surface area contributed by atoms with E-state index in [0.29, 0.717) is 27.9 Å². The molecule has 23 heavy (non-hydrogen) atoms. The molecule has 0 amide bonds. The second kappa shape index (κ2) is 6.56. The quantitative estimate of drug-likeness (QED) is 0.714. The number of aromatic nitrogens is 2. The summed E-state index contributed by atoms with van der Waals surface area (Å²) < 4.78 is 19.1. The van der Waals surface area contributed by atoms with Gasteiger partial charge in [0.05, 0.1) is 16.6 Å². The van der Waals surface area contributed by atoms with Crippen molar-refractivity contribution in [3.05, 3.63) is 85.8 Å². The molecule has 0 spiro atoms. The van der Waals surface area contributed by atoms with Crippen LogP contribution in [0.3, 0.4) is 0 Å². The summed E-state index contributed by atoms with van der Waals surface area (Å²) in [5.74, 6) is -0.479. The van der Waals surface area contributed by atoms with Crippen LogP contribution >= 0.6 is 23.2 Å².